The SMILES string of the molecule is Cc1c(CNC(=O)CCC2CCCCC2)sc2nc(-c3ccc(F)cc3)cn12. The molecule has 1 fully saturated rings. The molecule has 0 bridgehead atoms. The molecule has 4 rings (SSSR count). The number of benzene rings is 1. The lowest BCUT2D eigenvalue weighted by molar-refractivity contribution is -0.121. The molecule has 1 aromatic carbocycles. The van der Waals surface area contributed by atoms with Crippen molar-refractivity contribution in [3.8, 4) is 11.3 Å². The number of halogens is 1. The summed E-state index contributed by atoms with van der Waals surface area (Å²) in [4.78, 5) is 18.9. The van der Waals surface area contributed by atoms with Gasteiger partial charge in [0.05, 0.1) is 12.2 Å². The van der Waals surface area contributed by atoms with Gasteiger partial charge in [0, 0.05) is 28.8 Å². The molecule has 148 valence electrons. The summed E-state index contributed by atoms with van der Waals surface area (Å²) in [5, 5.41) is 3.07. The van der Waals surface area contributed by atoms with Crippen LogP contribution in [0.2, 0.25) is 0 Å². The number of aromatic nitrogens is 2. The van der Waals surface area contributed by atoms with E-state index in [2.05, 4.69) is 10.3 Å². The molecule has 28 heavy (non-hydrogen) atoms. The van der Waals surface area contributed by atoms with E-state index in [9.17, 15) is 9.18 Å². The van der Waals surface area contributed by atoms with E-state index >= 15 is 0 Å². The Morgan fingerprint density at radius 2 is 2.00 bits per heavy atom. The number of nitrogens with one attached hydrogen (secondary N) is 1. The van der Waals surface area contributed by atoms with E-state index in [1.807, 2.05) is 17.5 Å². The summed E-state index contributed by atoms with van der Waals surface area (Å²) in [6.07, 6.45) is 10.2. The molecule has 6 heteroatoms. The first-order chi connectivity index (χ1) is 13.6. The molecule has 0 atom stereocenters. The topological polar surface area (TPSA) is 46.4 Å². The predicted molar refractivity (Wildman–Crippen MR) is 111 cm³/mol. The van der Waals surface area contributed by atoms with Crippen LogP contribution in [0.3, 0.4) is 0 Å². The van der Waals surface area contributed by atoms with E-state index in [1.165, 1.54) is 44.2 Å². The fourth-order valence-electron chi connectivity index (χ4n) is 4.00. The molecular formula is C22H26FN3OS. The second kappa shape index (κ2) is 8.43. The minimum absolute atomic E-state index is 0.142. The Hall–Kier alpha value is -2.21. The van der Waals surface area contributed by atoms with Crippen molar-refractivity contribution in [3.63, 3.8) is 0 Å². The summed E-state index contributed by atoms with van der Waals surface area (Å²) in [5.41, 5.74) is 2.82. The number of hydrogen-bond donors (Lipinski definition) is 1. The monoisotopic (exact) mass is 399 g/mol. The minimum Gasteiger partial charge on any atom is -0.351 e. The van der Waals surface area contributed by atoms with Crippen LogP contribution in [0, 0.1) is 18.7 Å². The highest BCUT2D eigenvalue weighted by Gasteiger charge is 2.16. The van der Waals surface area contributed by atoms with Crippen LogP contribution in [0.25, 0.3) is 16.2 Å². The minimum atomic E-state index is -0.248. The molecule has 0 unspecified atom stereocenters. The Balaban J connectivity index is 1.36. The molecule has 0 radical (unpaired) electrons. The quantitative estimate of drug-likeness (QED) is 0.596. The molecule has 0 aliphatic heterocycles. The van der Waals surface area contributed by atoms with Crippen LogP contribution in [0.15, 0.2) is 30.5 Å². The molecular weight excluding hydrogens is 373 g/mol. The number of nitrogens with zero attached hydrogens (tertiary/aromatic N) is 2. The smallest absolute Gasteiger partial charge is 0.220 e. The molecule has 2 heterocycles. The molecule has 1 saturated carbocycles. The van der Waals surface area contributed by atoms with Gasteiger partial charge in [0.15, 0.2) is 4.96 Å². The van der Waals surface area contributed by atoms with Gasteiger partial charge in [-0.15, -0.1) is 0 Å². The van der Waals surface area contributed by atoms with Gasteiger partial charge in [-0.25, -0.2) is 9.37 Å². The zero-order chi connectivity index (χ0) is 19.5. The standard InChI is InChI=1S/C22H26FN3OS/c1-15-20(13-24-21(27)12-7-16-5-3-2-4-6-16)28-22-25-19(14-26(15)22)17-8-10-18(23)11-9-17/h8-11,14,16H,2-7,12-13H2,1H3,(H,24,27). The third-order valence-corrected chi connectivity index (χ3v) is 6.90. The van der Waals surface area contributed by atoms with Gasteiger partial charge in [0.25, 0.3) is 0 Å². The van der Waals surface area contributed by atoms with Crippen LogP contribution in [0.1, 0.15) is 55.5 Å². The van der Waals surface area contributed by atoms with E-state index in [1.54, 1.807) is 23.5 Å². The van der Waals surface area contributed by atoms with Crippen molar-refractivity contribution < 1.29 is 9.18 Å². The average molecular weight is 400 g/mol. The van der Waals surface area contributed by atoms with Crippen LogP contribution >= 0.6 is 11.3 Å². The summed E-state index contributed by atoms with van der Waals surface area (Å²) in [6.45, 7) is 2.60. The van der Waals surface area contributed by atoms with Gasteiger partial charge in [0.1, 0.15) is 5.82 Å². The molecule has 1 aliphatic rings. The van der Waals surface area contributed by atoms with Crippen molar-refractivity contribution in [1.82, 2.24) is 14.7 Å². The maximum atomic E-state index is 13.1. The van der Waals surface area contributed by atoms with E-state index in [0.717, 1.165) is 39.1 Å². The van der Waals surface area contributed by atoms with Gasteiger partial charge < -0.3 is 5.32 Å². The van der Waals surface area contributed by atoms with E-state index in [0.29, 0.717) is 13.0 Å². The van der Waals surface area contributed by atoms with Gasteiger partial charge in [-0.3, -0.25) is 9.20 Å². The number of carbonyl (C=O) groups is 1. The van der Waals surface area contributed by atoms with Crippen molar-refractivity contribution in [2.45, 2.75) is 58.4 Å². The van der Waals surface area contributed by atoms with E-state index < -0.39 is 0 Å². The Labute approximate surface area is 168 Å². The van der Waals surface area contributed by atoms with E-state index in [-0.39, 0.29) is 11.7 Å². The van der Waals surface area contributed by atoms with Crippen molar-refractivity contribution >= 4 is 22.2 Å². The second-order valence-electron chi connectivity index (χ2n) is 7.72. The number of carbonyl (C=O) groups excluding carboxylic acids is 1. The van der Waals surface area contributed by atoms with Gasteiger partial charge in [-0.1, -0.05) is 43.4 Å². The first-order valence-corrected chi connectivity index (χ1v) is 10.9. The maximum Gasteiger partial charge on any atom is 0.220 e. The summed E-state index contributed by atoms with van der Waals surface area (Å²) in [5.74, 6) is 0.627. The lowest BCUT2D eigenvalue weighted by Crippen LogP contribution is -2.23. The number of thiazole rings is 1. The summed E-state index contributed by atoms with van der Waals surface area (Å²) >= 11 is 1.59. The third kappa shape index (κ3) is 4.27. The van der Waals surface area contributed by atoms with E-state index in [4.69, 9.17) is 0 Å². The summed E-state index contributed by atoms with van der Waals surface area (Å²) in [6, 6.07) is 6.38. The number of rotatable bonds is 6. The maximum absolute atomic E-state index is 13.1. The van der Waals surface area contributed by atoms with Gasteiger partial charge in [-0.05, 0) is 43.5 Å². The van der Waals surface area contributed by atoms with Crippen LogP contribution < -0.4 is 5.32 Å². The number of amides is 1. The molecule has 1 aliphatic carbocycles. The van der Waals surface area contributed by atoms with Gasteiger partial charge >= 0.3 is 0 Å². The zero-order valence-electron chi connectivity index (χ0n) is 16.2. The fourth-order valence-corrected chi connectivity index (χ4v) is 5.04. The molecule has 0 spiro atoms. The highest BCUT2D eigenvalue weighted by molar-refractivity contribution is 7.17. The molecule has 2 aromatic heterocycles. The van der Waals surface area contributed by atoms with Gasteiger partial charge in [0.2, 0.25) is 5.91 Å². The van der Waals surface area contributed by atoms with Crippen LogP contribution in [-0.2, 0) is 11.3 Å². The normalized spacial score (nSPS) is 15.2. The van der Waals surface area contributed by atoms with Crippen molar-refractivity contribution in [2.75, 3.05) is 0 Å². The third-order valence-electron chi connectivity index (χ3n) is 5.74. The Kier molecular flexibility index (Phi) is 5.76. The number of fused-ring (bicyclic) bond motifs is 1. The highest BCUT2D eigenvalue weighted by Crippen LogP contribution is 2.28. The summed E-state index contributed by atoms with van der Waals surface area (Å²) in [7, 11) is 0. The molecule has 0 saturated heterocycles. The van der Waals surface area contributed by atoms with Crippen molar-refractivity contribution in [3.05, 3.63) is 46.9 Å². The molecule has 1 N–H and O–H groups in total. The lowest BCUT2D eigenvalue weighted by atomic mass is 9.86. The summed E-state index contributed by atoms with van der Waals surface area (Å²) < 4.78 is 15.2. The lowest BCUT2D eigenvalue weighted by Gasteiger charge is -2.20. The number of hydrogen-bond acceptors (Lipinski definition) is 3. The number of imidazole rings is 1. The molecule has 4 nitrogen and oxygen atoms in total. The van der Waals surface area contributed by atoms with Crippen LogP contribution in [0.5, 0.6) is 0 Å². The Morgan fingerprint density at radius 3 is 2.71 bits per heavy atom. The van der Waals surface area contributed by atoms with Crippen LogP contribution in [-0.4, -0.2) is 15.3 Å². The zero-order valence-corrected chi connectivity index (χ0v) is 17.0. The van der Waals surface area contributed by atoms with Crippen LogP contribution in [0.4, 0.5) is 4.39 Å². The Bertz CT molecular complexity index is 954. The molecule has 1 amide bonds. The Morgan fingerprint density at radius 1 is 1.25 bits per heavy atom. The fraction of sp³-hybridized carbons (Fsp3) is 0.455. The molecule has 3 aromatic rings. The number of aryl methyl sites for hydroxylation is 1. The van der Waals surface area contributed by atoms with Gasteiger partial charge in [-0.2, -0.15) is 0 Å². The van der Waals surface area contributed by atoms with Crippen molar-refractivity contribution in [1.29, 1.82) is 0 Å². The largest absolute Gasteiger partial charge is 0.351 e. The predicted octanol–water partition coefficient (Wildman–Crippen LogP) is 5.49. The average Bonchev–Trinajstić information content (AvgIpc) is 3.25. The first-order valence-electron chi connectivity index (χ1n) is 10.1. The first kappa shape index (κ1) is 19.1. The van der Waals surface area contributed by atoms with Crippen molar-refractivity contribution in [2.24, 2.45) is 5.92 Å². The highest BCUT2D eigenvalue weighted by atomic mass is 32.1. The second-order valence-corrected chi connectivity index (χ2v) is 8.78.